The monoisotopic (exact) mass is 128 g/mol. The minimum Gasteiger partial charge on any atom is -0.386 e. The van der Waals surface area contributed by atoms with Crippen molar-refractivity contribution >= 4 is 11.9 Å². The second kappa shape index (κ2) is 2.58. The molecular weight excluding hydrogens is 124 g/mol. The second-order valence-electron chi connectivity index (χ2n) is 1.39. The fourth-order valence-corrected chi connectivity index (χ4v) is 0.575. The highest BCUT2D eigenvalue weighted by molar-refractivity contribution is 6.09. The molecule has 0 bridgehead atoms. The highest BCUT2D eigenvalue weighted by Gasteiger charge is 1.82. The Morgan fingerprint density at radius 1 is 1.12 bits per heavy atom. The lowest BCUT2D eigenvalue weighted by Crippen LogP contribution is -1.69. The van der Waals surface area contributed by atoms with E-state index in [4.69, 9.17) is 11.9 Å². The molecule has 0 aromatic heterocycles. The van der Waals surface area contributed by atoms with Crippen molar-refractivity contribution in [2.45, 2.75) is 0 Å². The van der Waals surface area contributed by atoms with Crippen LogP contribution in [0.4, 0.5) is 0 Å². The van der Waals surface area contributed by atoms with Crippen molar-refractivity contribution in [2.75, 3.05) is 0 Å². The molecular formula is C6H5ClO. The summed E-state index contributed by atoms with van der Waals surface area (Å²) in [6.45, 7) is 0. The van der Waals surface area contributed by atoms with Gasteiger partial charge in [0.1, 0.15) is 17.6 Å². The zero-order valence-corrected chi connectivity index (χ0v) is 4.93. The van der Waals surface area contributed by atoms with Gasteiger partial charge in [0, 0.05) is 0 Å². The lowest BCUT2D eigenvalue weighted by molar-refractivity contribution is 0.619. The van der Waals surface area contributed by atoms with Gasteiger partial charge in [0.2, 0.25) is 0 Å². The average molecular weight is 129 g/mol. The van der Waals surface area contributed by atoms with Crippen LogP contribution in [0, 0.1) is 0 Å². The first kappa shape index (κ1) is 5.45. The summed E-state index contributed by atoms with van der Waals surface area (Å²) in [4.78, 5) is 0. The summed E-state index contributed by atoms with van der Waals surface area (Å²) >= 11 is 5.03. The van der Waals surface area contributed by atoms with Gasteiger partial charge in [0.05, 0.1) is 0 Å². The lowest BCUT2D eigenvalue weighted by atomic mass is 10.3. The molecule has 0 N–H and O–H groups in total. The van der Waals surface area contributed by atoms with Gasteiger partial charge in [-0.25, -0.2) is 0 Å². The third-order valence-electron chi connectivity index (χ3n) is 0.832. The van der Waals surface area contributed by atoms with Crippen molar-refractivity contribution in [1.29, 1.82) is 0 Å². The van der Waals surface area contributed by atoms with Gasteiger partial charge in [0.15, 0.2) is 0 Å². The molecule has 0 unspecified atom stereocenters. The van der Waals surface area contributed by atoms with Crippen LogP contribution >= 0.6 is 11.9 Å². The van der Waals surface area contributed by atoms with Gasteiger partial charge >= 0.3 is 0 Å². The quantitative estimate of drug-likeness (QED) is 0.564. The smallest absolute Gasteiger partial charge is 0.146 e. The predicted octanol–water partition coefficient (Wildman–Crippen LogP) is 2.22. The molecule has 0 saturated carbocycles. The van der Waals surface area contributed by atoms with Crippen LogP contribution < -0.4 is 4.29 Å². The van der Waals surface area contributed by atoms with E-state index in [1.54, 1.807) is 12.1 Å². The van der Waals surface area contributed by atoms with E-state index in [1.165, 1.54) is 0 Å². The largest absolute Gasteiger partial charge is 0.386 e. The molecule has 1 aromatic rings. The Balaban J connectivity index is 2.83. The standard InChI is InChI=1S/C6H5ClO/c7-8-6-4-2-1-3-5-6/h1-5H. The van der Waals surface area contributed by atoms with E-state index in [0.717, 1.165) is 0 Å². The Kier molecular flexibility index (Phi) is 1.75. The van der Waals surface area contributed by atoms with Gasteiger partial charge in [-0.15, -0.1) is 0 Å². The Bertz CT molecular complexity index is 150. The second-order valence-corrected chi connectivity index (χ2v) is 1.54. The van der Waals surface area contributed by atoms with Crippen LogP contribution in [0.25, 0.3) is 0 Å². The maximum atomic E-state index is 5.03. The summed E-state index contributed by atoms with van der Waals surface area (Å²) < 4.78 is 4.39. The normalized spacial score (nSPS) is 8.62. The summed E-state index contributed by atoms with van der Waals surface area (Å²) in [5.41, 5.74) is 0. The lowest BCUT2D eigenvalue weighted by Gasteiger charge is -1.89. The van der Waals surface area contributed by atoms with Crippen LogP contribution in [0.15, 0.2) is 30.3 Å². The first-order chi connectivity index (χ1) is 3.93. The molecule has 0 fully saturated rings. The minimum absolute atomic E-state index is 0.675. The summed E-state index contributed by atoms with van der Waals surface area (Å²) in [5, 5.41) is 0. The molecule has 0 spiro atoms. The average Bonchev–Trinajstić information content (AvgIpc) is 1.90. The molecule has 0 atom stereocenters. The van der Waals surface area contributed by atoms with Crippen LogP contribution in [0.3, 0.4) is 0 Å². The van der Waals surface area contributed by atoms with Crippen LogP contribution in [-0.2, 0) is 0 Å². The summed E-state index contributed by atoms with van der Waals surface area (Å²) in [6.07, 6.45) is 0. The Morgan fingerprint density at radius 2 is 1.75 bits per heavy atom. The molecule has 0 aliphatic rings. The topological polar surface area (TPSA) is 9.23 Å². The van der Waals surface area contributed by atoms with Crippen molar-refractivity contribution in [3.63, 3.8) is 0 Å². The number of hydrogen-bond acceptors (Lipinski definition) is 1. The van der Waals surface area contributed by atoms with E-state index in [-0.39, 0.29) is 0 Å². The van der Waals surface area contributed by atoms with Crippen molar-refractivity contribution in [3.8, 4) is 5.75 Å². The van der Waals surface area contributed by atoms with Crippen LogP contribution in [0.5, 0.6) is 5.75 Å². The minimum atomic E-state index is 0.675. The summed E-state index contributed by atoms with van der Waals surface area (Å²) in [5.74, 6) is 0.675. The van der Waals surface area contributed by atoms with Gasteiger partial charge in [-0.2, -0.15) is 0 Å². The van der Waals surface area contributed by atoms with E-state index >= 15 is 0 Å². The zero-order valence-electron chi connectivity index (χ0n) is 4.17. The van der Waals surface area contributed by atoms with Crippen LogP contribution in [-0.4, -0.2) is 0 Å². The number of rotatable bonds is 1. The number of para-hydroxylation sites is 1. The first-order valence-corrected chi connectivity index (χ1v) is 2.58. The van der Waals surface area contributed by atoms with Gasteiger partial charge in [0.25, 0.3) is 0 Å². The molecule has 0 heterocycles. The van der Waals surface area contributed by atoms with E-state index in [2.05, 4.69) is 4.29 Å². The van der Waals surface area contributed by atoms with E-state index in [1.807, 2.05) is 18.2 Å². The van der Waals surface area contributed by atoms with Crippen LogP contribution in [0.2, 0.25) is 0 Å². The molecule has 0 aliphatic heterocycles. The fraction of sp³-hybridized carbons (Fsp3) is 0. The van der Waals surface area contributed by atoms with Crippen molar-refractivity contribution in [1.82, 2.24) is 0 Å². The molecule has 0 radical (unpaired) electrons. The predicted molar refractivity (Wildman–Crippen MR) is 32.9 cm³/mol. The van der Waals surface area contributed by atoms with Crippen molar-refractivity contribution < 1.29 is 4.29 Å². The summed E-state index contributed by atoms with van der Waals surface area (Å²) in [7, 11) is 0. The molecule has 0 aliphatic carbocycles. The maximum Gasteiger partial charge on any atom is 0.146 e. The zero-order chi connectivity index (χ0) is 5.82. The van der Waals surface area contributed by atoms with Gasteiger partial charge in [-0.05, 0) is 12.1 Å². The van der Waals surface area contributed by atoms with Gasteiger partial charge in [-0.3, -0.25) is 0 Å². The number of hydrogen-bond donors (Lipinski definition) is 0. The number of halogens is 1. The Morgan fingerprint density at radius 3 is 2.12 bits per heavy atom. The van der Waals surface area contributed by atoms with E-state index in [9.17, 15) is 0 Å². The maximum absolute atomic E-state index is 5.03. The SMILES string of the molecule is ClOc1ccccc1. The molecule has 0 amide bonds. The molecule has 2 heteroatoms. The van der Waals surface area contributed by atoms with Gasteiger partial charge < -0.3 is 4.29 Å². The third-order valence-corrected chi connectivity index (χ3v) is 1.01. The Hall–Kier alpha value is -0.690. The van der Waals surface area contributed by atoms with Gasteiger partial charge in [-0.1, -0.05) is 18.2 Å². The molecule has 42 valence electrons. The molecule has 1 aromatic carbocycles. The molecule has 1 rings (SSSR count). The van der Waals surface area contributed by atoms with Crippen molar-refractivity contribution in [2.24, 2.45) is 0 Å². The van der Waals surface area contributed by atoms with E-state index in [0.29, 0.717) is 5.75 Å². The molecule has 1 nitrogen and oxygen atoms in total. The first-order valence-electron chi connectivity index (χ1n) is 2.27. The highest BCUT2D eigenvalue weighted by Crippen LogP contribution is 2.08. The van der Waals surface area contributed by atoms with E-state index < -0.39 is 0 Å². The Labute approximate surface area is 53.0 Å². The fourth-order valence-electron chi connectivity index (χ4n) is 0.472. The summed E-state index contributed by atoms with van der Waals surface area (Å²) in [6, 6.07) is 9.19. The van der Waals surface area contributed by atoms with Crippen LogP contribution in [0.1, 0.15) is 0 Å². The van der Waals surface area contributed by atoms with Crippen molar-refractivity contribution in [3.05, 3.63) is 30.3 Å². The third kappa shape index (κ3) is 1.14. The molecule has 0 saturated heterocycles. The number of benzene rings is 1. The molecule has 8 heavy (non-hydrogen) atoms. The highest BCUT2D eigenvalue weighted by atomic mass is 35.5.